The van der Waals surface area contributed by atoms with Crippen molar-refractivity contribution in [3.63, 3.8) is 0 Å². The van der Waals surface area contributed by atoms with Crippen LogP contribution in [0.4, 0.5) is 5.69 Å². The van der Waals surface area contributed by atoms with E-state index in [1.54, 1.807) is 73.8 Å². The van der Waals surface area contributed by atoms with E-state index in [1.807, 2.05) is 0 Å². The van der Waals surface area contributed by atoms with Crippen molar-refractivity contribution in [3.05, 3.63) is 84.4 Å². The van der Waals surface area contributed by atoms with Crippen LogP contribution in [0.1, 0.15) is 5.56 Å². The van der Waals surface area contributed by atoms with Crippen LogP contribution in [0, 0.1) is 0 Å². The lowest BCUT2D eigenvalue weighted by Gasteiger charge is -2.23. The molecule has 166 valence electrons. The third-order valence-corrected chi connectivity index (χ3v) is 6.26. The lowest BCUT2D eigenvalue weighted by Crippen LogP contribution is -2.39. The second-order valence-electron chi connectivity index (χ2n) is 6.59. The van der Waals surface area contributed by atoms with Gasteiger partial charge in [0, 0.05) is 0 Å². The molecule has 0 unspecified atom stereocenters. The summed E-state index contributed by atoms with van der Waals surface area (Å²) in [5, 5.41) is 3.92. The zero-order chi connectivity index (χ0) is 23.0. The molecule has 0 bridgehead atoms. The van der Waals surface area contributed by atoms with Crippen LogP contribution >= 0.6 is 0 Å². The number of hydrogen-bond donors (Lipinski definition) is 1. The molecule has 0 spiro atoms. The maximum Gasteiger partial charge on any atom is 0.264 e. The van der Waals surface area contributed by atoms with Gasteiger partial charge in [0.25, 0.3) is 15.9 Å². The van der Waals surface area contributed by atoms with Crippen LogP contribution in [-0.4, -0.2) is 41.3 Å². The Bertz CT molecular complexity index is 1180. The largest absolute Gasteiger partial charge is 0.497 e. The predicted octanol–water partition coefficient (Wildman–Crippen LogP) is 3.05. The minimum absolute atomic E-state index is 0.0727. The van der Waals surface area contributed by atoms with Gasteiger partial charge in [-0.05, 0) is 54.1 Å². The van der Waals surface area contributed by atoms with Gasteiger partial charge < -0.3 is 9.47 Å². The highest BCUT2D eigenvalue weighted by molar-refractivity contribution is 7.92. The van der Waals surface area contributed by atoms with Crippen LogP contribution in [0.25, 0.3) is 0 Å². The molecule has 3 aromatic carbocycles. The first-order valence-electron chi connectivity index (χ1n) is 9.62. The Morgan fingerprint density at radius 3 is 2.28 bits per heavy atom. The molecule has 1 amide bonds. The number of ether oxygens (including phenoxy) is 2. The van der Waals surface area contributed by atoms with E-state index in [0.29, 0.717) is 22.7 Å². The smallest absolute Gasteiger partial charge is 0.264 e. The number of hydrazone groups is 1. The van der Waals surface area contributed by atoms with Crippen molar-refractivity contribution < 1.29 is 22.7 Å². The topological polar surface area (TPSA) is 97.3 Å². The second-order valence-corrected chi connectivity index (χ2v) is 8.45. The number of sulfonamides is 1. The van der Waals surface area contributed by atoms with E-state index in [-0.39, 0.29) is 4.90 Å². The van der Waals surface area contributed by atoms with E-state index in [2.05, 4.69) is 10.5 Å². The number of amides is 1. The number of methoxy groups -OCH3 is 2. The predicted molar refractivity (Wildman–Crippen MR) is 123 cm³/mol. The summed E-state index contributed by atoms with van der Waals surface area (Å²) in [6.45, 7) is -0.459. The molecule has 0 saturated carbocycles. The fourth-order valence-corrected chi connectivity index (χ4v) is 4.29. The number of carbonyl (C=O) groups is 1. The standard InChI is InChI=1S/C23H23N3O5S/c1-30-20-13-11-19(12-14-20)26(32(28,29)22-9-4-3-5-10-22)17-23(27)25-24-16-18-7-6-8-21(15-18)31-2/h3-16H,17H2,1-2H3,(H,25,27)/b24-16+. The molecule has 0 heterocycles. The van der Waals surface area contributed by atoms with Crippen LogP contribution < -0.4 is 19.2 Å². The highest BCUT2D eigenvalue weighted by atomic mass is 32.2. The molecule has 0 aliphatic carbocycles. The van der Waals surface area contributed by atoms with E-state index >= 15 is 0 Å². The first-order valence-corrected chi connectivity index (χ1v) is 11.1. The van der Waals surface area contributed by atoms with Crippen LogP contribution in [-0.2, 0) is 14.8 Å². The van der Waals surface area contributed by atoms with Crippen molar-refractivity contribution >= 4 is 27.8 Å². The summed E-state index contributed by atoms with van der Waals surface area (Å²) in [4.78, 5) is 12.6. The van der Waals surface area contributed by atoms with Gasteiger partial charge in [-0.25, -0.2) is 13.8 Å². The zero-order valence-corrected chi connectivity index (χ0v) is 18.5. The van der Waals surface area contributed by atoms with Crippen molar-refractivity contribution in [3.8, 4) is 11.5 Å². The normalized spacial score (nSPS) is 11.2. The number of nitrogens with one attached hydrogen (secondary N) is 1. The molecule has 0 aromatic heterocycles. The van der Waals surface area contributed by atoms with Gasteiger partial charge in [0.1, 0.15) is 18.0 Å². The summed E-state index contributed by atoms with van der Waals surface area (Å²) in [6, 6.07) is 21.4. The average Bonchev–Trinajstić information content (AvgIpc) is 2.83. The highest BCUT2D eigenvalue weighted by Gasteiger charge is 2.27. The summed E-state index contributed by atoms with van der Waals surface area (Å²) < 4.78 is 37.8. The molecule has 8 nitrogen and oxygen atoms in total. The van der Waals surface area contributed by atoms with Crippen molar-refractivity contribution in [1.29, 1.82) is 0 Å². The Hall–Kier alpha value is -3.85. The molecule has 0 aliphatic rings. The van der Waals surface area contributed by atoms with Crippen LogP contribution in [0.5, 0.6) is 11.5 Å². The third-order valence-electron chi connectivity index (χ3n) is 4.48. The molecular formula is C23H23N3O5S. The molecule has 3 rings (SSSR count). The number of hydrogen-bond acceptors (Lipinski definition) is 6. The first kappa shape index (κ1) is 22.8. The van der Waals surface area contributed by atoms with E-state index in [0.717, 1.165) is 4.31 Å². The molecule has 3 aromatic rings. The molecule has 0 atom stereocenters. The van der Waals surface area contributed by atoms with Gasteiger partial charge in [0.2, 0.25) is 0 Å². The number of benzene rings is 3. The summed E-state index contributed by atoms with van der Waals surface area (Å²) in [5.41, 5.74) is 3.41. The average molecular weight is 454 g/mol. The van der Waals surface area contributed by atoms with Crippen molar-refractivity contribution in [1.82, 2.24) is 5.43 Å². The number of anilines is 1. The minimum atomic E-state index is -3.99. The van der Waals surface area contributed by atoms with E-state index in [9.17, 15) is 13.2 Å². The van der Waals surface area contributed by atoms with Gasteiger partial charge in [0.05, 0.1) is 31.0 Å². The van der Waals surface area contributed by atoms with Crippen molar-refractivity contribution in [2.75, 3.05) is 25.1 Å². The molecular weight excluding hydrogens is 430 g/mol. The van der Waals surface area contributed by atoms with Crippen molar-refractivity contribution in [2.45, 2.75) is 4.90 Å². The van der Waals surface area contributed by atoms with Gasteiger partial charge >= 0.3 is 0 Å². The Morgan fingerprint density at radius 2 is 1.62 bits per heavy atom. The SMILES string of the molecule is COc1ccc(N(CC(=O)N/N=C/c2cccc(OC)c2)S(=O)(=O)c2ccccc2)cc1. The monoisotopic (exact) mass is 453 g/mol. The summed E-state index contributed by atoms with van der Waals surface area (Å²) in [5.74, 6) is 0.623. The number of rotatable bonds is 9. The van der Waals surface area contributed by atoms with Crippen LogP contribution in [0.3, 0.4) is 0 Å². The van der Waals surface area contributed by atoms with Gasteiger partial charge in [-0.15, -0.1) is 0 Å². The first-order chi connectivity index (χ1) is 15.4. The van der Waals surface area contributed by atoms with Crippen molar-refractivity contribution in [2.24, 2.45) is 5.10 Å². The van der Waals surface area contributed by atoms with Crippen LogP contribution in [0.2, 0.25) is 0 Å². The van der Waals surface area contributed by atoms with Gasteiger partial charge in [0.15, 0.2) is 0 Å². The van der Waals surface area contributed by atoms with E-state index in [4.69, 9.17) is 9.47 Å². The molecule has 0 saturated heterocycles. The minimum Gasteiger partial charge on any atom is -0.497 e. The Morgan fingerprint density at radius 1 is 0.938 bits per heavy atom. The Balaban J connectivity index is 1.81. The summed E-state index contributed by atoms with van der Waals surface area (Å²) in [7, 11) is -0.922. The maximum absolute atomic E-state index is 13.3. The van der Waals surface area contributed by atoms with Crippen LogP contribution in [0.15, 0.2) is 88.9 Å². The number of carbonyl (C=O) groups excluding carboxylic acids is 1. The second kappa shape index (κ2) is 10.5. The molecule has 9 heteroatoms. The lowest BCUT2D eigenvalue weighted by atomic mass is 10.2. The quantitative estimate of drug-likeness (QED) is 0.397. The highest BCUT2D eigenvalue weighted by Crippen LogP contribution is 2.25. The molecule has 32 heavy (non-hydrogen) atoms. The third kappa shape index (κ3) is 5.64. The molecule has 0 aliphatic heterocycles. The summed E-state index contributed by atoms with van der Waals surface area (Å²) in [6.07, 6.45) is 1.45. The zero-order valence-electron chi connectivity index (χ0n) is 17.6. The van der Waals surface area contributed by atoms with Gasteiger partial charge in [-0.1, -0.05) is 30.3 Å². The molecule has 1 N–H and O–H groups in total. The lowest BCUT2D eigenvalue weighted by molar-refractivity contribution is -0.119. The van der Waals surface area contributed by atoms with E-state index in [1.165, 1.54) is 25.5 Å². The van der Waals surface area contributed by atoms with Gasteiger partial charge in [-0.3, -0.25) is 9.10 Å². The molecule has 0 fully saturated rings. The van der Waals surface area contributed by atoms with Gasteiger partial charge in [-0.2, -0.15) is 5.10 Å². The fourth-order valence-electron chi connectivity index (χ4n) is 2.85. The molecule has 0 radical (unpaired) electrons. The van der Waals surface area contributed by atoms with E-state index < -0.39 is 22.5 Å². The fraction of sp³-hybridized carbons (Fsp3) is 0.130. The summed E-state index contributed by atoms with van der Waals surface area (Å²) >= 11 is 0. The Labute approximate surface area is 187 Å². The maximum atomic E-state index is 13.3. The number of nitrogens with zero attached hydrogens (tertiary/aromatic N) is 2. The Kier molecular flexibility index (Phi) is 7.45.